The SMILES string of the molecule is O=S(=O)(c1cccs1)N1CCN(C2CC2)CC1c1ccccc1. The summed E-state index contributed by atoms with van der Waals surface area (Å²) in [6.07, 6.45) is 2.50. The summed E-state index contributed by atoms with van der Waals surface area (Å²) in [5.41, 5.74) is 1.08. The Bertz CT molecular complexity index is 755. The van der Waals surface area contributed by atoms with Crippen molar-refractivity contribution in [1.82, 2.24) is 9.21 Å². The zero-order valence-corrected chi connectivity index (χ0v) is 14.5. The zero-order valence-electron chi connectivity index (χ0n) is 12.8. The van der Waals surface area contributed by atoms with E-state index in [0.29, 0.717) is 16.8 Å². The molecule has 1 aliphatic heterocycles. The van der Waals surface area contributed by atoms with E-state index in [4.69, 9.17) is 0 Å². The third-order valence-electron chi connectivity index (χ3n) is 4.67. The van der Waals surface area contributed by atoms with Crippen LogP contribution in [-0.2, 0) is 10.0 Å². The molecule has 2 fully saturated rings. The third kappa shape index (κ3) is 2.96. The fraction of sp³-hybridized carbons (Fsp3) is 0.412. The first-order valence-electron chi connectivity index (χ1n) is 8.00. The Labute approximate surface area is 141 Å². The summed E-state index contributed by atoms with van der Waals surface area (Å²) < 4.78 is 28.2. The average molecular weight is 348 g/mol. The van der Waals surface area contributed by atoms with Crippen LogP contribution >= 0.6 is 11.3 Å². The van der Waals surface area contributed by atoms with E-state index in [1.807, 2.05) is 35.7 Å². The van der Waals surface area contributed by atoms with Crippen molar-refractivity contribution >= 4 is 21.4 Å². The van der Waals surface area contributed by atoms with Crippen molar-refractivity contribution in [2.75, 3.05) is 19.6 Å². The molecule has 1 aromatic heterocycles. The lowest BCUT2D eigenvalue weighted by Crippen LogP contribution is -2.51. The van der Waals surface area contributed by atoms with E-state index < -0.39 is 10.0 Å². The van der Waals surface area contributed by atoms with E-state index in [1.54, 1.807) is 16.4 Å². The lowest BCUT2D eigenvalue weighted by Gasteiger charge is -2.40. The first-order valence-corrected chi connectivity index (χ1v) is 10.3. The molecule has 122 valence electrons. The summed E-state index contributed by atoms with van der Waals surface area (Å²) in [7, 11) is -3.42. The lowest BCUT2D eigenvalue weighted by molar-refractivity contribution is 0.129. The number of piperazine rings is 1. The second kappa shape index (κ2) is 6.02. The van der Waals surface area contributed by atoms with Gasteiger partial charge in [0.05, 0.1) is 6.04 Å². The molecule has 1 aromatic carbocycles. The van der Waals surface area contributed by atoms with Crippen LogP contribution < -0.4 is 0 Å². The maximum atomic E-state index is 13.0. The fourth-order valence-electron chi connectivity index (χ4n) is 3.32. The molecule has 2 aromatic rings. The highest BCUT2D eigenvalue weighted by Crippen LogP contribution is 2.36. The maximum absolute atomic E-state index is 13.0. The lowest BCUT2D eigenvalue weighted by atomic mass is 10.0. The first-order chi connectivity index (χ1) is 11.2. The van der Waals surface area contributed by atoms with Gasteiger partial charge in [0.1, 0.15) is 4.21 Å². The molecule has 0 spiro atoms. The highest BCUT2D eigenvalue weighted by atomic mass is 32.2. The Morgan fingerprint density at radius 1 is 1.00 bits per heavy atom. The van der Waals surface area contributed by atoms with Gasteiger partial charge >= 0.3 is 0 Å². The van der Waals surface area contributed by atoms with Gasteiger partial charge in [-0.15, -0.1) is 11.3 Å². The summed E-state index contributed by atoms with van der Waals surface area (Å²) >= 11 is 1.30. The van der Waals surface area contributed by atoms with Crippen LogP contribution in [0, 0.1) is 0 Å². The van der Waals surface area contributed by atoms with Crippen LogP contribution in [0.15, 0.2) is 52.1 Å². The van der Waals surface area contributed by atoms with Gasteiger partial charge in [-0.3, -0.25) is 4.90 Å². The van der Waals surface area contributed by atoms with E-state index in [2.05, 4.69) is 4.90 Å². The Balaban J connectivity index is 1.69. The summed E-state index contributed by atoms with van der Waals surface area (Å²) in [6.45, 7) is 2.19. The fourth-order valence-corrected chi connectivity index (χ4v) is 6.03. The molecule has 6 heteroatoms. The smallest absolute Gasteiger partial charge is 0.253 e. The van der Waals surface area contributed by atoms with Crippen molar-refractivity contribution in [2.24, 2.45) is 0 Å². The molecular weight excluding hydrogens is 328 g/mol. The molecule has 1 atom stereocenters. The topological polar surface area (TPSA) is 40.6 Å². The number of hydrogen-bond donors (Lipinski definition) is 0. The molecule has 23 heavy (non-hydrogen) atoms. The van der Waals surface area contributed by atoms with Crippen molar-refractivity contribution in [3.05, 3.63) is 53.4 Å². The predicted octanol–water partition coefficient (Wildman–Crippen LogP) is 2.96. The highest BCUT2D eigenvalue weighted by Gasteiger charge is 2.41. The number of thiophene rings is 1. The maximum Gasteiger partial charge on any atom is 0.253 e. The van der Waals surface area contributed by atoms with Gasteiger partial charge in [0.15, 0.2) is 0 Å². The Kier molecular flexibility index (Phi) is 4.01. The van der Waals surface area contributed by atoms with Gasteiger partial charge in [0.25, 0.3) is 10.0 Å². The van der Waals surface area contributed by atoms with Crippen molar-refractivity contribution in [3.63, 3.8) is 0 Å². The van der Waals surface area contributed by atoms with Gasteiger partial charge in [-0.2, -0.15) is 4.31 Å². The second-order valence-electron chi connectivity index (χ2n) is 6.20. The number of nitrogens with zero attached hydrogens (tertiary/aromatic N) is 2. The Morgan fingerprint density at radius 2 is 1.78 bits per heavy atom. The van der Waals surface area contributed by atoms with Gasteiger partial charge in [-0.05, 0) is 29.9 Å². The van der Waals surface area contributed by atoms with E-state index in [9.17, 15) is 8.42 Å². The average Bonchev–Trinajstić information content (AvgIpc) is 3.28. The normalized spacial score (nSPS) is 23.9. The minimum Gasteiger partial charge on any atom is -0.297 e. The summed E-state index contributed by atoms with van der Waals surface area (Å²) in [5, 5.41) is 1.82. The van der Waals surface area contributed by atoms with Crippen LogP contribution in [0.25, 0.3) is 0 Å². The third-order valence-corrected chi connectivity index (χ3v) is 7.95. The zero-order chi connectivity index (χ0) is 15.9. The van der Waals surface area contributed by atoms with Crippen LogP contribution in [0.3, 0.4) is 0 Å². The van der Waals surface area contributed by atoms with Crippen molar-refractivity contribution < 1.29 is 8.42 Å². The molecule has 1 saturated heterocycles. The van der Waals surface area contributed by atoms with Crippen LogP contribution in [0.2, 0.25) is 0 Å². The minimum absolute atomic E-state index is 0.0994. The molecule has 2 heterocycles. The number of sulfonamides is 1. The van der Waals surface area contributed by atoms with Crippen molar-refractivity contribution in [2.45, 2.75) is 29.1 Å². The van der Waals surface area contributed by atoms with Crippen molar-refractivity contribution in [1.29, 1.82) is 0 Å². The van der Waals surface area contributed by atoms with Gasteiger partial charge in [0, 0.05) is 25.7 Å². The van der Waals surface area contributed by atoms with Gasteiger partial charge in [-0.25, -0.2) is 8.42 Å². The molecule has 0 radical (unpaired) electrons. The molecule has 0 amide bonds. The van der Waals surface area contributed by atoms with E-state index >= 15 is 0 Å². The standard InChI is InChI=1S/C17H20N2O2S2/c20-23(21,17-7-4-12-22-17)19-11-10-18(15-8-9-15)13-16(19)14-5-2-1-3-6-14/h1-7,12,15-16H,8-11,13H2. The predicted molar refractivity (Wildman–Crippen MR) is 92.0 cm³/mol. The van der Waals surface area contributed by atoms with E-state index in [1.165, 1.54) is 24.2 Å². The van der Waals surface area contributed by atoms with Crippen LogP contribution in [0.4, 0.5) is 0 Å². The molecule has 2 aliphatic rings. The Morgan fingerprint density at radius 3 is 2.43 bits per heavy atom. The summed E-state index contributed by atoms with van der Waals surface area (Å²) in [4.78, 5) is 2.46. The molecule has 1 aliphatic carbocycles. The molecule has 4 rings (SSSR count). The number of benzene rings is 1. The largest absolute Gasteiger partial charge is 0.297 e. The summed E-state index contributed by atoms with van der Waals surface area (Å²) in [6, 6.07) is 14.1. The van der Waals surface area contributed by atoms with E-state index in [0.717, 1.165) is 18.7 Å². The molecular formula is C17H20N2O2S2. The monoisotopic (exact) mass is 348 g/mol. The Hall–Kier alpha value is -1.21. The number of hydrogen-bond acceptors (Lipinski definition) is 4. The van der Waals surface area contributed by atoms with Crippen LogP contribution in [0.1, 0.15) is 24.4 Å². The second-order valence-corrected chi connectivity index (χ2v) is 9.27. The molecule has 1 saturated carbocycles. The van der Waals surface area contributed by atoms with Crippen LogP contribution in [0.5, 0.6) is 0 Å². The molecule has 4 nitrogen and oxygen atoms in total. The molecule has 0 bridgehead atoms. The highest BCUT2D eigenvalue weighted by molar-refractivity contribution is 7.91. The summed E-state index contributed by atoms with van der Waals surface area (Å²) in [5.74, 6) is 0. The van der Waals surface area contributed by atoms with Crippen LogP contribution in [-0.4, -0.2) is 43.3 Å². The minimum atomic E-state index is -3.42. The molecule has 1 unspecified atom stereocenters. The van der Waals surface area contributed by atoms with E-state index in [-0.39, 0.29) is 6.04 Å². The van der Waals surface area contributed by atoms with Gasteiger partial charge in [-0.1, -0.05) is 36.4 Å². The molecule has 0 N–H and O–H groups in total. The van der Waals surface area contributed by atoms with Gasteiger partial charge < -0.3 is 0 Å². The number of rotatable bonds is 4. The van der Waals surface area contributed by atoms with Crippen molar-refractivity contribution in [3.8, 4) is 0 Å². The van der Waals surface area contributed by atoms with Gasteiger partial charge in [0.2, 0.25) is 0 Å². The first kappa shape index (κ1) is 15.3. The quantitative estimate of drug-likeness (QED) is 0.853.